The Morgan fingerprint density at radius 1 is 1.38 bits per heavy atom. The lowest BCUT2D eigenvalue weighted by molar-refractivity contribution is -0.137. The van der Waals surface area contributed by atoms with Crippen LogP contribution in [0.5, 0.6) is 0 Å². The van der Waals surface area contributed by atoms with Crippen LogP contribution in [-0.2, 0) is 22.6 Å². The van der Waals surface area contributed by atoms with Crippen molar-refractivity contribution in [2.45, 2.75) is 19.9 Å². The van der Waals surface area contributed by atoms with E-state index >= 15 is 0 Å². The molecule has 1 rings (SSSR count). The van der Waals surface area contributed by atoms with E-state index in [1.54, 1.807) is 12.3 Å². The molecule has 21 heavy (non-hydrogen) atoms. The quantitative estimate of drug-likeness (QED) is 0.638. The highest BCUT2D eigenvalue weighted by Crippen LogP contribution is 2.05. The van der Waals surface area contributed by atoms with Crippen molar-refractivity contribution in [2.24, 2.45) is 5.73 Å². The Hall–Kier alpha value is -2.64. The number of carboxylic acids is 1. The van der Waals surface area contributed by atoms with Gasteiger partial charge < -0.3 is 21.1 Å². The van der Waals surface area contributed by atoms with Gasteiger partial charge in [0.05, 0.1) is 12.2 Å². The fourth-order valence-electron chi connectivity index (χ4n) is 1.77. The molecule has 1 aromatic rings. The molecule has 0 unspecified atom stereocenters. The van der Waals surface area contributed by atoms with Crippen LogP contribution >= 0.6 is 0 Å². The number of carbonyl (C=O) groups is 3. The summed E-state index contributed by atoms with van der Waals surface area (Å²) in [4.78, 5) is 38.4. The molecule has 114 valence electrons. The molecular weight excluding hydrogens is 276 g/mol. The number of carbonyl (C=O) groups excluding carboxylic acids is 2. The van der Waals surface area contributed by atoms with Gasteiger partial charge in [-0.3, -0.25) is 14.6 Å². The summed E-state index contributed by atoms with van der Waals surface area (Å²) in [5.74, 6) is -2.00. The van der Waals surface area contributed by atoms with Gasteiger partial charge in [-0.2, -0.15) is 0 Å². The monoisotopic (exact) mass is 294 g/mol. The molecule has 8 heteroatoms. The van der Waals surface area contributed by atoms with Gasteiger partial charge in [-0.05, 0) is 18.1 Å². The highest BCUT2D eigenvalue weighted by molar-refractivity contribution is 5.85. The third kappa shape index (κ3) is 5.47. The third-order valence-electron chi connectivity index (χ3n) is 2.73. The summed E-state index contributed by atoms with van der Waals surface area (Å²) in [6.07, 6.45) is 2.37. The van der Waals surface area contributed by atoms with Crippen molar-refractivity contribution in [1.82, 2.24) is 15.2 Å². The molecule has 3 amide bonds. The van der Waals surface area contributed by atoms with Crippen LogP contribution in [0.4, 0.5) is 4.79 Å². The van der Waals surface area contributed by atoms with Crippen LogP contribution in [0, 0.1) is 0 Å². The third-order valence-corrected chi connectivity index (χ3v) is 2.73. The van der Waals surface area contributed by atoms with Crippen LogP contribution in [0.1, 0.15) is 18.2 Å². The number of nitrogens with two attached hydrogens (primary N) is 1. The molecule has 0 atom stereocenters. The maximum atomic E-state index is 11.9. The molecule has 0 aliphatic carbocycles. The minimum Gasteiger partial charge on any atom is -0.480 e. The van der Waals surface area contributed by atoms with Crippen molar-refractivity contribution in [2.75, 3.05) is 13.1 Å². The first-order valence-corrected chi connectivity index (χ1v) is 6.39. The number of aryl methyl sites for hydroxylation is 1. The molecule has 0 aliphatic heterocycles. The number of urea groups is 1. The van der Waals surface area contributed by atoms with Crippen LogP contribution in [0.25, 0.3) is 0 Å². The molecule has 1 aromatic heterocycles. The zero-order valence-corrected chi connectivity index (χ0v) is 11.7. The predicted octanol–water partition coefficient (Wildman–Crippen LogP) is -0.274. The molecule has 0 aromatic carbocycles. The van der Waals surface area contributed by atoms with Crippen molar-refractivity contribution >= 4 is 17.9 Å². The summed E-state index contributed by atoms with van der Waals surface area (Å²) in [5, 5.41) is 11.3. The molecule has 0 saturated carbocycles. The van der Waals surface area contributed by atoms with E-state index < -0.39 is 31.0 Å². The lowest BCUT2D eigenvalue weighted by Crippen LogP contribution is -2.46. The SMILES string of the molecule is CCc1cccnc1CNC(=O)N(CC(N)=O)CC(=O)O. The first-order valence-electron chi connectivity index (χ1n) is 6.39. The molecule has 1 heterocycles. The summed E-state index contributed by atoms with van der Waals surface area (Å²) >= 11 is 0. The summed E-state index contributed by atoms with van der Waals surface area (Å²) in [6, 6.07) is 3.02. The molecule has 8 nitrogen and oxygen atoms in total. The van der Waals surface area contributed by atoms with Crippen molar-refractivity contribution < 1.29 is 19.5 Å². The summed E-state index contributed by atoms with van der Waals surface area (Å²) in [6.45, 7) is 1.06. The zero-order chi connectivity index (χ0) is 15.8. The van der Waals surface area contributed by atoms with E-state index in [-0.39, 0.29) is 6.54 Å². The first kappa shape index (κ1) is 16.4. The van der Waals surface area contributed by atoms with Crippen LogP contribution in [0.3, 0.4) is 0 Å². The minimum atomic E-state index is -1.22. The second-order valence-electron chi connectivity index (χ2n) is 4.34. The van der Waals surface area contributed by atoms with E-state index in [9.17, 15) is 14.4 Å². The Balaban J connectivity index is 2.68. The van der Waals surface area contributed by atoms with Gasteiger partial charge in [0.2, 0.25) is 5.91 Å². The van der Waals surface area contributed by atoms with Gasteiger partial charge in [0.15, 0.2) is 0 Å². The second-order valence-corrected chi connectivity index (χ2v) is 4.34. The molecular formula is C13H18N4O4. The van der Waals surface area contributed by atoms with Gasteiger partial charge in [-0.25, -0.2) is 4.79 Å². The number of carboxylic acid groups (broad SMARTS) is 1. The molecule has 0 bridgehead atoms. The predicted molar refractivity (Wildman–Crippen MR) is 74.3 cm³/mol. The summed E-state index contributed by atoms with van der Waals surface area (Å²) < 4.78 is 0. The number of nitrogens with one attached hydrogen (secondary N) is 1. The number of nitrogens with zero attached hydrogens (tertiary/aromatic N) is 2. The van der Waals surface area contributed by atoms with Gasteiger partial charge in [0.25, 0.3) is 0 Å². The van der Waals surface area contributed by atoms with Crippen molar-refractivity contribution in [3.63, 3.8) is 0 Å². The fourth-order valence-corrected chi connectivity index (χ4v) is 1.77. The van der Waals surface area contributed by atoms with Crippen LogP contribution < -0.4 is 11.1 Å². The van der Waals surface area contributed by atoms with Gasteiger partial charge in [-0.15, -0.1) is 0 Å². The average molecular weight is 294 g/mol. The van der Waals surface area contributed by atoms with E-state index in [2.05, 4.69) is 10.3 Å². The first-order chi connectivity index (χ1) is 9.93. The number of amides is 3. The number of aliphatic carboxylic acids is 1. The Bertz CT molecular complexity index is 517. The number of pyridine rings is 1. The number of aromatic nitrogens is 1. The Morgan fingerprint density at radius 3 is 2.67 bits per heavy atom. The maximum Gasteiger partial charge on any atom is 0.323 e. The standard InChI is InChI=1S/C13H18N4O4/c1-2-9-4-3-5-15-10(9)6-16-13(21)17(7-11(14)18)8-12(19)20/h3-5H,2,6-8H2,1H3,(H2,14,18)(H,16,21)(H,19,20). The summed E-state index contributed by atoms with van der Waals surface area (Å²) in [7, 11) is 0. The van der Waals surface area contributed by atoms with E-state index in [0.717, 1.165) is 16.9 Å². The smallest absolute Gasteiger partial charge is 0.323 e. The molecule has 0 saturated heterocycles. The Morgan fingerprint density at radius 2 is 2.10 bits per heavy atom. The second kappa shape index (κ2) is 7.83. The van der Waals surface area contributed by atoms with Gasteiger partial charge in [-0.1, -0.05) is 13.0 Å². The average Bonchev–Trinajstić information content (AvgIpc) is 2.43. The summed E-state index contributed by atoms with van der Waals surface area (Å²) in [5.41, 5.74) is 6.67. The van der Waals surface area contributed by atoms with Crippen molar-refractivity contribution in [1.29, 1.82) is 0 Å². The fraction of sp³-hybridized carbons (Fsp3) is 0.385. The van der Waals surface area contributed by atoms with Crippen molar-refractivity contribution in [3.05, 3.63) is 29.6 Å². The highest BCUT2D eigenvalue weighted by Gasteiger charge is 2.18. The molecule has 4 N–H and O–H groups in total. The van der Waals surface area contributed by atoms with Crippen LogP contribution in [-0.4, -0.2) is 46.0 Å². The van der Waals surface area contributed by atoms with Gasteiger partial charge in [0, 0.05) is 6.20 Å². The number of primary amides is 1. The van der Waals surface area contributed by atoms with Crippen LogP contribution in [0.2, 0.25) is 0 Å². The van der Waals surface area contributed by atoms with E-state index in [1.165, 1.54) is 0 Å². The highest BCUT2D eigenvalue weighted by atomic mass is 16.4. The molecule has 0 aliphatic rings. The van der Waals surface area contributed by atoms with E-state index in [4.69, 9.17) is 10.8 Å². The van der Waals surface area contributed by atoms with E-state index in [0.29, 0.717) is 5.69 Å². The van der Waals surface area contributed by atoms with Gasteiger partial charge >= 0.3 is 12.0 Å². The number of rotatable bonds is 7. The molecule has 0 spiro atoms. The lowest BCUT2D eigenvalue weighted by atomic mass is 10.1. The number of hydrogen-bond donors (Lipinski definition) is 3. The maximum absolute atomic E-state index is 11.9. The largest absolute Gasteiger partial charge is 0.480 e. The normalized spacial score (nSPS) is 9.95. The topological polar surface area (TPSA) is 126 Å². The minimum absolute atomic E-state index is 0.151. The zero-order valence-electron chi connectivity index (χ0n) is 11.7. The van der Waals surface area contributed by atoms with Gasteiger partial charge in [0.1, 0.15) is 13.1 Å². The molecule has 0 radical (unpaired) electrons. The van der Waals surface area contributed by atoms with Crippen LogP contribution in [0.15, 0.2) is 18.3 Å². The Kier molecular flexibility index (Phi) is 6.12. The number of hydrogen-bond acceptors (Lipinski definition) is 4. The molecule has 0 fully saturated rings. The van der Waals surface area contributed by atoms with E-state index in [1.807, 2.05) is 13.0 Å². The Labute approximate surface area is 121 Å². The van der Waals surface area contributed by atoms with Crippen molar-refractivity contribution in [3.8, 4) is 0 Å². The lowest BCUT2D eigenvalue weighted by Gasteiger charge is -2.19.